The summed E-state index contributed by atoms with van der Waals surface area (Å²) in [6.07, 6.45) is 18.6. The Bertz CT molecular complexity index is 874. The summed E-state index contributed by atoms with van der Waals surface area (Å²) in [7, 11) is 0. The fourth-order valence-electron chi connectivity index (χ4n) is 6.37. The minimum Gasteiger partial charge on any atom is -0.462 e. The lowest BCUT2D eigenvalue weighted by Crippen LogP contribution is -2.32. The molecule has 3 fully saturated rings. The molecule has 3 aliphatic rings. The van der Waals surface area contributed by atoms with E-state index < -0.39 is 0 Å². The summed E-state index contributed by atoms with van der Waals surface area (Å²) in [4.78, 5) is 33.4. The first-order chi connectivity index (χ1) is 20.0. The Morgan fingerprint density at radius 2 is 1.05 bits per heavy atom. The van der Waals surface area contributed by atoms with Crippen LogP contribution in [0.3, 0.4) is 0 Å². The van der Waals surface area contributed by atoms with E-state index in [0.29, 0.717) is 35.9 Å². The summed E-state index contributed by atoms with van der Waals surface area (Å²) < 4.78 is 15.5. The van der Waals surface area contributed by atoms with Crippen LogP contribution in [0.15, 0.2) is 36.5 Å². The SMILES string of the molecule is C=C(C)C(=O)OC1CC2CC1C1CCCC21.C=C(C)C(=O)OCCCCCC.C=C(C)C(=O)OCCCCCCCC. The van der Waals surface area contributed by atoms with E-state index in [4.69, 9.17) is 14.2 Å². The van der Waals surface area contributed by atoms with Gasteiger partial charge in [0.25, 0.3) is 0 Å². The van der Waals surface area contributed by atoms with Crippen LogP contribution in [0.5, 0.6) is 0 Å². The van der Waals surface area contributed by atoms with E-state index in [0.717, 1.165) is 49.9 Å². The molecular weight excluding hydrogens is 528 g/mol. The molecule has 240 valence electrons. The number of rotatable bonds is 16. The van der Waals surface area contributed by atoms with Crippen LogP contribution in [-0.4, -0.2) is 37.2 Å². The number of esters is 3. The number of carbonyl (C=O) groups is 3. The Balaban J connectivity index is 0.000000320. The Hall–Kier alpha value is -2.37. The van der Waals surface area contributed by atoms with Crippen LogP contribution in [0.1, 0.15) is 131 Å². The van der Waals surface area contributed by atoms with Crippen LogP contribution in [0, 0.1) is 23.7 Å². The number of ether oxygens (including phenoxy) is 3. The van der Waals surface area contributed by atoms with Crippen LogP contribution in [0.2, 0.25) is 0 Å². The molecule has 5 unspecified atom stereocenters. The lowest BCUT2D eigenvalue weighted by molar-refractivity contribution is -0.148. The monoisotopic (exact) mass is 588 g/mol. The summed E-state index contributed by atoms with van der Waals surface area (Å²) in [6, 6.07) is 0. The third-order valence-electron chi connectivity index (χ3n) is 8.63. The van der Waals surface area contributed by atoms with Gasteiger partial charge in [-0.15, -0.1) is 0 Å². The highest BCUT2D eigenvalue weighted by Crippen LogP contribution is 2.59. The average Bonchev–Trinajstić information content (AvgIpc) is 3.67. The topological polar surface area (TPSA) is 78.9 Å². The van der Waals surface area contributed by atoms with Crippen molar-refractivity contribution in [3.63, 3.8) is 0 Å². The van der Waals surface area contributed by atoms with E-state index in [1.807, 2.05) is 0 Å². The summed E-state index contributed by atoms with van der Waals surface area (Å²) in [5, 5.41) is 0. The molecule has 3 rings (SSSR count). The zero-order chi connectivity index (χ0) is 31.5. The number of carbonyl (C=O) groups excluding carboxylic acids is 3. The van der Waals surface area contributed by atoms with Gasteiger partial charge in [0.05, 0.1) is 13.2 Å². The molecule has 6 heteroatoms. The number of fused-ring (bicyclic) bond motifs is 5. The van der Waals surface area contributed by atoms with E-state index >= 15 is 0 Å². The van der Waals surface area contributed by atoms with Gasteiger partial charge in [0.2, 0.25) is 0 Å². The maximum Gasteiger partial charge on any atom is 0.333 e. The first-order valence-corrected chi connectivity index (χ1v) is 16.5. The quantitative estimate of drug-likeness (QED) is 0.0774. The first-order valence-electron chi connectivity index (χ1n) is 16.5. The van der Waals surface area contributed by atoms with E-state index in [1.54, 1.807) is 20.8 Å². The van der Waals surface area contributed by atoms with E-state index in [1.165, 1.54) is 64.2 Å². The van der Waals surface area contributed by atoms with E-state index in [2.05, 4.69) is 33.6 Å². The van der Waals surface area contributed by atoms with Crippen LogP contribution < -0.4 is 0 Å². The minimum absolute atomic E-state index is 0.188. The van der Waals surface area contributed by atoms with Crippen molar-refractivity contribution in [3.05, 3.63) is 36.5 Å². The van der Waals surface area contributed by atoms with Crippen LogP contribution in [0.4, 0.5) is 0 Å². The third-order valence-corrected chi connectivity index (χ3v) is 8.63. The highest BCUT2D eigenvalue weighted by molar-refractivity contribution is 5.87. The highest BCUT2D eigenvalue weighted by atomic mass is 16.5. The maximum atomic E-state index is 11.5. The zero-order valence-electron chi connectivity index (χ0n) is 27.5. The Kier molecular flexibility index (Phi) is 19.1. The highest BCUT2D eigenvalue weighted by Gasteiger charge is 2.55. The van der Waals surface area contributed by atoms with Gasteiger partial charge in [-0.25, -0.2) is 14.4 Å². The molecule has 3 saturated carbocycles. The molecule has 5 atom stereocenters. The van der Waals surface area contributed by atoms with Crippen LogP contribution >= 0.6 is 0 Å². The van der Waals surface area contributed by atoms with Crippen LogP contribution in [0.25, 0.3) is 0 Å². The van der Waals surface area contributed by atoms with Crippen molar-refractivity contribution < 1.29 is 28.6 Å². The molecule has 6 nitrogen and oxygen atoms in total. The van der Waals surface area contributed by atoms with E-state index in [-0.39, 0.29) is 24.0 Å². The summed E-state index contributed by atoms with van der Waals surface area (Å²) in [6.45, 7) is 21.2. The lowest BCUT2D eigenvalue weighted by atomic mass is 9.80. The van der Waals surface area contributed by atoms with Crippen molar-refractivity contribution in [3.8, 4) is 0 Å². The minimum atomic E-state index is -0.272. The molecule has 0 radical (unpaired) electrons. The van der Waals surface area contributed by atoms with Gasteiger partial charge in [-0.05, 0) is 83.0 Å². The van der Waals surface area contributed by atoms with Crippen LogP contribution in [-0.2, 0) is 28.6 Å². The first kappa shape index (κ1) is 37.7. The molecule has 0 spiro atoms. The number of hydrogen-bond acceptors (Lipinski definition) is 6. The standard InChI is InChI=1S/C14H20O2.C12H22O2.C10H18O2/c1-8(2)14(15)16-13-7-9-6-12(13)11-5-3-4-10(9)11;1-4-5-6-7-8-9-10-14-12(13)11(2)3;1-4-5-6-7-8-12-10(11)9(2)3/h9-13H,1,3-7H2,2H3;2,4-10H2,1,3H3;2,4-8H2,1,3H3. The van der Waals surface area contributed by atoms with Gasteiger partial charge in [0.1, 0.15) is 6.10 Å². The Morgan fingerprint density at radius 1 is 0.595 bits per heavy atom. The number of hydrogen-bond donors (Lipinski definition) is 0. The number of unbranched alkanes of at least 4 members (excludes halogenated alkanes) is 8. The van der Waals surface area contributed by atoms with E-state index in [9.17, 15) is 14.4 Å². The molecule has 0 heterocycles. The molecule has 0 N–H and O–H groups in total. The zero-order valence-corrected chi connectivity index (χ0v) is 27.5. The molecule has 2 bridgehead atoms. The molecule has 0 saturated heterocycles. The predicted molar refractivity (Wildman–Crippen MR) is 171 cm³/mol. The third kappa shape index (κ3) is 14.2. The summed E-state index contributed by atoms with van der Waals surface area (Å²) in [5.41, 5.74) is 1.49. The van der Waals surface area contributed by atoms with Gasteiger partial charge < -0.3 is 14.2 Å². The van der Waals surface area contributed by atoms with Crippen molar-refractivity contribution in [2.75, 3.05) is 13.2 Å². The van der Waals surface area contributed by atoms with Gasteiger partial charge in [-0.3, -0.25) is 0 Å². The molecular formula is C36H60O6. The van der Waals surface area contributed by atoms with Crippen molar-refractivity contribution in [1.29, 1.82) is 0 Å². The van der Waals surface area contributed by atoms with Crippen molar-refractivity contribution >= 4 is 17.9 Å². The molecule has 0 amide bonds. The van der Waals surface area contributed by atoms with Crippen molar-refractivity contribution in [1.82, 2.24) is 0 Å². The fourth-order valence-corrected chi connectivity index (χ4v) is 6.37. The second-order valence-electron chi connectivity index (χ2n) is 12.5. The maximum absolute atomic E-state index is 11.5. The molecule has 42 heavy (non-hydrogen) atoms. The van der Waals surface area contributed by atoms with Gasteiger partial charge in [0, 0.05) is 16.7 Å². The van der Waals surface area contributed by atoms with Gasteiger partial charge in [-0.2, -0.15) is 0 Å². The predicted octanol–water partition coefficient (Wildman–Crippen LogP) is 9.08. The summed E-state index contributed by atoms with van der Waals surface area (Å²) >= 11 is 0. The second kappa shape index (κ2) is 21.3. The Morgan fingerprint density at radius 3 is 1.55 bits per heavy atom. The molecule has 3 aliphatic carbocycles. The van der Waals surface area contributed by atoms with Gasteiger partial charge >= 0.3 is 17.9 Å². The average molecular weight is 589 g/mol. The molecule has 0 aromatic carbocycles. The molecule has 0 aromatic heterocycles. The van der Waals surface area contributed by atoms with Crippen molar-refractivity contribution in [2.24, 2.45) is 23.7 Å². The largest absolute Gasteiger partial charge is 0.462 e. The summed E-state index contributed by atoms with van der Waals surface area (Å²) in [5.74, 6) is 2.62. The second-order valence-corrected chi connectivity index (χ2v) is 12.5. The van der Waals surface area contributed by atoms with Gasteiger partial charge in [-0.1, -0.05) is 91.4 Å². The Labute approximate surface area is 256 Å². The van der Waals surface area contributed by atoms with Crippen molar-refractivity contribution in [2.45, 2.75) is 137 Å². The lowest BCUT2D eigenvalue weighted by Gasteiger charge is -2.31. The fraction of sp³-hybridized carbons (Fsp3) is 0.750. The smallest absolute Gasteiger partial charge is 0.333 e. The normalized spacial score (nSPS) is 22.9. The van der Waals surface area contributed by atoms with Gasteiger partial charge in [0.15, 0.2) is 0 Å². The molecule has 0 aromatic rings. The molecule has 0 aliphatic heterocycles.